The molecule has 0 saturated carbocycles. The average molecular weight is 212 g/mol. The first kappa shape index (κ1) is 10.9. The van der Waals surface area contributed by atoms with Crippen LogP contribution < -0.4 is 5.32 Å². The minimum absolute atomic E-state index is 0.165. The van der Waals surface area contributed by atoms with Crippen molar-refractivity contribution < 1.29 is 9.53 Å². The molecule has 1 N–H and O–H groups in total. The second-order valence-corrected chi connectivity index (χ2v) is 4.49. The zero-order valence-electron chi connectivity index (χ0n) is 9.37. The number of hydrogen-bond acceptors (Lipinski definition) is 3. The lowest BCUT2D eigenvalue weighted by Gasteiger charge is -2.27. The molecule has 2 rings (SSSR count). The van der Waals surface area contributed by atoms with Crippen molar-refractivity contribution in [1.82, 2.24) is 10.2 Å². The van der Waals surface area contributed by atoms with Crippen molar-refractivity contribution in [3.63, 3.8) is 0 Å². The van der Waals surface area contributed by atoms with Crippen LogP contribution in [0, 0.1) is 5.92 Å². The van der Waals surface area contributed by atoms with Crippen molar-refractivity contribution in [2.75, 3.05) is 32.8 Å². The van der Waals surface area contributed by atoms with Crippen LogP contribution in [0.3, 0.4) is 0 Å². The van der Waals surface area contributed by atoms with Gasteiger partial charge >= 0.3 is 0 Å². The summed E-state index contributed by atoms with van der Waals surface area (Å²) in [6.07, 6.45) is 2.60. The molecular formula is C11H20N2O2. The minimum Gasteiger partial charge on any atom is -0.366 e. The standard InChI is InChI=1S/C11H20N2O2/c1-2-9-3-4-13(7-9)11(14)8-15-10-5-12-6-10/h9-10,12H,2-8H2,1H3. The summed E-state index contributed by atoms with van der Waals surface area (Å²) in [4.78, 5) is 13.7. The van der Waals surface area contributed by atoms with Crippen molar-refractivity contribution in [1.29, 1.82) is 0 Å². The summed E-state index contributed by atoms with van der Waals surface area (Å²) in [5.41, 5.74) is 0. The Morgan fingerprint density at radius 2 is 2.33 bits per heavy atom. The molecule has 2 fully saturated rings. The Bertz CT molecular complexity index is 229. The molecule has 1 unspecified atom stereocenters. The molecule has 2 aliphatic heterocycles. The van der Waals surface area contributed by atoms with Crippen LogP contribution in [0.2, 0.25) is 0 Å². The molecule has 2 saturated heterocycles. The zero-order chi connectivity index (χ0) is 10.7. The van der Waals surface area contributed by atoms with Gasteiger partial charge in [-0.15, -0.1) is 0 Å². The van der Waals surface area contributed by atoms with Crippen molar-refractivity contribution in [3.05, 3.63) is 0 Å². The Morgan fingerprint density at radius 1 is 1.53 bits per heavy atom. The van der Waals surface area contributed by atoms with Gasteiger partial charge in [-0.1, -0.05) is 13.3 Å². The average Bonchev–Trinajstić information content (AvgIpc) is 2.63. The monoisotopic (exact) mass is 212 g/mol. The van der Waals surface area contributed by atoms with Crippen LogP contribution in [0.5, 0.6) is 0 Å². The van der Waals surface area contributed by atoms with E-state index in [9.17, 15) is 4.79 Å². The topological polar surface area (TPSA) is 41.6 Å². The highest BCUT2D eigenvalue weighted by molar-refractivity contribution is 5.77. The number of carbonyl (C=O) groups excluding carboxylic acids is 1. The smallest absolute Gasteiger partial charge is 0.248 e. The number of ether oxygens (including phenoxy) is 1. The molecule has 1 atom stereocenters. The van der Waals surface area contributed by atoms with E-state index in [2.05, 4.69) is 12.2 Å². The summed E-state index contributed by atoms with van der Waals surface area (Å²) in [5, 5.41) is 3.12. The predicted octanol–water partition coefficient (Wildman–Crippen LogP) is 0.233. The zero-order valence-corrected chi connectivity index (χ0v) is 9.37. The first-order chi connectivity index (χ1) is 7.29. The van der Waals surface area contributed by atoms with E-state index in [0.29, 0.717) is 5.92 Å². The summed E-state index contributed by atoms with van der Waals surface area (Å²) in [6.45, 7) is 6.10. The van der Waals surface area contributed by atoms with E-state index in [0.717, 1.165) is 32.6 Å². The van der Waals surface area contributed by atoms with E-state index in [1.54, 1.807) is 0 Å². The molecule has 1 amide bonds. The van der Waals surface area contributed by atoms with Gasteiger partial charge in [0, 0.05) is 26.2 Å². The van der Waals surface area contributed by atoms with Gasteiger partial charge in [-0.3, -0.25) is 4.79 Å². The van der Waals surface area contributed by atoms with E-state index < -0.39 is 0 Å². The Balaban J connectivity index is 1.66. The van der Waals surface area contributed by atoms with E-state index in [1.807, 2.05) is 4.90 Å². The first-order valence-corrected chi connectivity index (χ1v) is 5.89. The number of hydrogen-bond donors (Lipinski definition) is 1. The number of nitrogens with one attached hydrogen (secondary N) is 1. The lowest BCUT2D eigenvalue weighted by atomic mass is 10.1. The molecule has 2 heterocycles. The van der Waals surface area contributed by atoms with Crippen molar-refractivity contribution in [3.8, 4) is 0 Å². The largest absolute Gasteiger partial charge is 0.366 e. The molecule has 0 radical (unpaired) electrons. The quantitative estimate of drug-likeness (QED) is 0.725. The van der Waals surface area contributed by atoms with Gasteiger partial charge < -0.3 is 15.0 Å². The molecule has 86 valence electrons. The highest BCUT2D eigenvalue weighted by Gasteiger charge is 2.26. The molecule has 0 aromatic rings. The van der Waals surface area contributed by atoms with E-state index in [1.165, 1.54) is 6.42 Å². The van der Waals surface area contributed by atoms with Gasteiger partial charge in [-0.2, -0.15) is 0 Å². The van der Waals surface area contributed by atoms with Crippen LogP contribution in [-0.4, -0.2) is 49.7 Å². The molecule has 0 aromatic heterocycles. The maximum Gasteiger partial charge on any atom is 0.248 e. The number of nitrogens with zero attached hydrogens (tertiary/aromatic N) is 1. The van der Waals surface area contributed by atoms with Crippen LogP contribution >= 0.6 is 0 Å². The Morgan fingerprint density at radius 3 is 2.87 bits per heavy atom. The molecule has 15 heavy (non-hydrogen) atoms. The molecular weight excluding hydrogens is 192 g/mol. The fraction of sp³-hybridized carbons (Fsp3) is 0.909. The van der Waals surface area contributed by atoms with Crippen LogP contribution in [-0.2, 0) is 9.53 Å². The molecule has 0 aromatic carbocycles. The summed E-state index contributed by atoms with van der Waals surface area (Å²) in [6, 6.07) is 0. The van der Waals surface area contributed by atoms with Gasteiger partial charge in [0.25, 0.3) is 0 Å². The van der Waals surface area contributed by atoms with Crippen LogP contribution in [0.15, 0.2) is 0 Å². The normalized spacial score (nSPS) is 26.7. The summed E-state index contributed by atoms with van der Waals surface area (Å²) in [7, 11) is 0. The second kappa shape index (κ2) is 4.94. The van der Waals surface area contributed by atoms with Gasteiger partial charge in [0.2, 0.25) is 5.91 Å². The fourth-order valence-electron chi connectivity index (χ4n) is 2.05. The highest BCUT2D eigenvalue weighted by Crippen LogP contribution is 2.19. The van der Waals surface area contributed by atoms with Gasteiger partial charge in [0.15, 0.2) is 0 Å². The van der Waals surface area contributed by atoms with Crippen LogP contribution in [0.4, 0.5) is 0 Å². The molecule has 0 aliphatic carbocycles. The Kier molecular flexibility index (Phi) is 3.59. The molecule has 4 heteroatoms. The molecule has 4 nitrogen and oxygen atoms in total. The summed E-state index contributed by atoms with van der Waals surface area (Å²) >= 11 is 0. The fourth-order valence-corrected chi connectivity index (χ4v) is 2.05. The highest BCUT2D eigenvalue weighted by atomic mass is 16.5. The second-order valence-electron chi connectivity index (χ2n) is 4.49. The molecule has 0 bridgehead atoms. The van der Waals surface area contributed by atoms with Crippen LogP contribution in [0.1, 0.15) is 19.8 Å². The van der Waals surface area contributed by atoms with Gasteiger partial charge in [0.05, 0.1) is 6.10 Å². The lowest BCUT2D eigenvalue weighted by molar-refractivity contribution is -0.138. The van der Waals surface area contributed by atoms with Crippen molar-refractivity contribution >= 4 is 5.91 Å². The number of likely N-dealkylation sites (tertiary alicyclic amines) is 1. The van der Waals surface area contributed by atoms with Gasteiger partial charge in [0.1, 0.15) is 6.61 Å². The third kappa shape index (κ3) is 2.69. The number of rotatable bonds is 4. The van der Waals surface area contributed by atoms with Gasteiger partial charge in [-0.25, -0.2) is 0 Å². The molecule has 2 aliphatic rings. The Labute approximate surface area is 91.0 Å². The third-order valence-corrected chi connectivity index (χ3v) is 3.40. The van der Waals surface area contributed by atoms with E-state index in [4.69, 9.17) is 4.74 Å². The van der Waals surface area contributed by atoms with Gasteiger partial charge in [-0.05, 0) is 12.3 Å². The van der Waals surface area contributed by atoms with E-state index in [-0.39, 0.29) is 18.6 Å². The summed E-state index contributed by atoms with van der Waals surface area (Å²) in [5.74, 6) is 0.872. The van der Waals surface area contributed by atoms with Crippen LogP contribution in [0.25, 0.3) is 0 Å². The van der Waals surface area contributed by atoms with Crippen molar-refractivity contribution in [2.24, 2.45) is 5.92 Å². The number of carbonyl (C=O) groups is 1. The number of amides is 1. The van der Waals surface area contributed by atoms with E-state index >= 15 is 0 Å². The predicted molar refractivity (Wildman–Crippen MR) is 57.6 cm³/mol. The minimum atomic E-state index is 0.165. The summed E-state index contributed by atoms with van der Waals surface area (Å²) < 4.78 is 5.47. The maximum atomic E-state index is 11.7. The Hall–Kier alpha value is -0.610. The SMILES string of the molecule is CCC1CCN(C(=O)COC2CNC2)C1. The maximum absolute atomic E-state index is 11.7. The lowest BCUT2D eigenvalue weighted by Crippen LogP contribution is -2.49. The van der Waals surface area contributed by atoms with Crippen molar-refractivity contribution in [2.45, 2.75) is 25.9 Å². The first-order valence-electron chi connectivity index (χ1n) is 5.89. The molecule has 0 spiro atoms. The third-order valence-electron chi connectivity index (χ3n) is 3.40.